The van der Waals surface area contributed by atoms with Gasteiger partial charge in [0.25, 0.3) is 0 Å². The average Bonchev–Trinajstić information content (AvgIpc) is 2.38. The molecule has 0 saturated carbocycles. The summed E-state index contributed by atoms with van der Waals surface area (Å²) in [5.74, 6) is -1.73. The Morgan fingerprint density at radius 2 is 1.95 bits per heavy atom. The summed E-state index contributed by atoms with van der Waals surface area (Å²) < 4.78 is 37.1. The Morgan fingerprint density at radius 1 is 1.35 bits per heavy atom. The van der Waals surface area contributed by atoms with Crippen molar-refractivity contribution in [2.24, 2.45) is 5.73 Å². The third kappa shape index (κ3) is 4.45. The van der Waals surface area contributed by atoms with Crippen LogP contribution in [0.15, 0.2) is 12.1 Å². The van der Waals surface area contributed by atoms with Crippen molar-refractivity contribution in [2.75, 3.05) is 13.7 Å². The smallest absolute Gasteiger partial charge is 0.305 e. The van der Waals surface area contributed by atoms with Crippen LogP contribution in [0, 0.1) is 11.6 Å². The number of halogens is 2. The van der Waals surface area contributed by atoms with E-state index in [1.54, 1.807) is 6.92 Å². The maximum absolute atomic E-state index is 13.8. The van der Waals surface area contributed by atoms with E-state index in [1.807, 2.05) is 0 Å². The average molecular weight is 287 g/mol. The van der Waals surface area contributed by atoms with Crippen molar-refractivity contribution >= 4 is 5.97 Å². The molecule has 0 amide bonds. The van der Waals surface area contributed by atoms with Crippen molar-refractivity contribution in [2.45, 2.75) is 32.2 Å². The van der Waals surface area contributed by atoms with E-state index in [1.165, 1.54) is 7.11 Å². The first-order valence-corrected chi connectivity index (χ1v) is 6.43. The zero-order valence-corrected chi connectivity index (χ0v) is 11.6. The fourth-order valence-corrected chi connectivity index (χ4v) is 1.88. The van der Waals surface area contributed by atoms with Gasteiger partial charge in [0.15, 0.2) is 0 Å². The Hall–Kier alpha value is -1.69. The van der Waals surface area contributed by atoms with E-state index in [9.17, 15) is 13.6 Å². The Balaban J connectivity index is 2.64. The summed E-state index contributed by atoms with van der Waals surface area (Å²) in [6.45, 7) is 2.03. The van der Waals surface area contributed by atoms with Crippen molar-refractivity contribution in [3.05, 3.63) is 29.3 Å². The number of methoxy groups -OCH3 is 1. The number of carbonyl (C=O) groups is 1. The summed E-state index contributed by atoms with van der Waals surface area (Å²) in [7, 11) is 1.33. The predicted octanol–water partition coefficient (Wildman–Crippen LogP) is 2.71. The highest BCUT2D eigenvalue weighted by molar-refractivity contribution is 5.69. The normalized spacial score (nSPS) is 12.1. The summed E-state index contributed by atoms with van der Waals surface area (Å²) in [4.78, 5) is 11.2. The third-order valence-corrected chi connectivity index (χ3v) is 2.86. The van der Waals surface area contributed by atoms with Crippen molar-refractivity contribution < 1.29 is 23.0 Å². The Morgan fingerprint density at radius 3 is 2.45 bits per heavy atom. The highest BCUT2D eigenvalue weighted by Crippen LogP contribution is 2.27. The lowest BCUT2D eigenvalue weighted by atomic mass is 10.0. The quantitative estimate of drug-likeness (QED) is 0.783. The van der Waals surface area contributed by atoms with E-state index in [4.69, 9.17) is 15.2 Å². The van der Waals surface area contributed by atoms with Gasteiger partial charge in [-0.3, -0.25) is 4.79 Å². The van der Waals surface area contributed by atoms with Gasteiger partial charge in [-0.25, -0.2) is 8.78 Å². The molecule has 0 aliphatic rings. The van der Waals surface area contributed by atoms with E-state index >= 15 is 0 Å². The molecule has 112 valence electrons. The van der Waals surface area contributed by atoms with E-state index in [-0.39, 0.29) is 23.7 Å². The predicted molar refractivity (Wildman–Crippen MR) is 70.3 cm³/mol. The lowest BCUT2D eigenvalue weighted by Gasteiger charge is -2.14. The van der Waals surface area contributed by atoms with Gasteiger partial charge in [-0.2, -0.15) is 0 Å². The number of ether oxygens (including phenoxy) is 2. The maximum Gasteiger partial charge on any atom is 0.305 e. The summed E-state index contributed by atoms with van der Waals surface area (Å²) in [6.07, 6.45) is 0.880. The van der Waals surface area contributed by atoms with Crippen molar-refractivity contribution in [1.82, 2.24) is 0 Å². The molecule has 1 unspecified atom stereocenters. The topological polar surface area (TPSA) is 61.5 Å². The first-order chi connectivity index (χ1) is 9.49. The molecule has 0 aliphatic heterocycles. The fraction of sp³-hybridized carbons (Fsp3) is 0.500. The molecule has 0 radical (unpaired) electrons. The van der Waals surface area contributed by atoms with Crippen molar-refractivity contribution in [3.63, 3.8) is 0 Å². The monoisotopic (exact) mass is 287 g/mol. The van der Waals surface area contributed by atoms with Crippen LogP contribution in [0.1, 0.15) is 37.8 Å². The van der Waals surface area contributed by atoms with Crippen LogP contribution < -0.4 is 10.5 Å². The zero-order chi connectivity index (χ0) is 15.1. The minimum absolute atomic E-state index is 0.0995. The standard InChI is InChI=1S/C14H19F2NO3/c1-3-20-13(18)6-4-5-12(17)14-10(15)7-9(19-2)8-11(14)16/h7-8,12H,3-6,17H2,1-2H3. The summed E-state index contributed by atoms with van der Waals surface area (Å²) in [6, 6.07) is 1.36. The molecular formula is C14H19F2NO3. The number of carbonyl (C=O) groups excluding carboxylic acids is 1. The van der Waals surface area contributed by atoms with Gasteiger partial charge in [0.2, 0.25) is 0 Å². The molecule has 0 bridgehead atoms. The molecule has 1 aromatic rings. The Kier molecular flexibility index (Phi) is 6.38. The maximum atomic E-state index is 13.8. The second-order valence-corrected chi connectivity index (χ2v) is 4.31. The van der Waals surface area contributed by atoms with Gasteiger partial charge in [-0.15, -0.1) is 0 Å². The van der Waals surface area contributed by atoms with E-state index in [0.717, 1.165) is 12.1 Å². The molecule has 6 heteroatoms. The van der Waals surface area contributed by atoms with Gasteiger partial charge < -0.3 is 15.2 Å². The Bertz CT molecular complexity index is 443. The van der Waals surface area contributed by atoms with Crippen LogP contribution in [0.25, 0.3) is 0 Å². The van der Waals surface area contributed by atoms with Gasteiger partial charge in [-0.05, 0) is 19.8 Å². The fourth-order valence-electron chi connectivity index (χ4n) is 1.88. The highest BCUT2D eigenvalue weighted by Gasteiger charge is 2.18. The molecule has 1 atom stereocenters. The Labute approximate surface area is 116 Å². The van der Waals surface area contributed by atoms with E-state index in [2.05, 4.69) is 0 Å². The number of nitrogens with two attached hydrogens (primary N) is 1. The largest absolute Gasteiger partial charge is 0.497 e. The van der Waals surface area contributed by atoms with Crippen LogP contribution in [0.2, 0.25) is 0 Å². The number of hydrogen-bond donors (Lipinski definition) is 1. The molecule has 0 spiro atoms. The third-order valence-electron chi connectivity index (χ3n) is 2.86. The molecule has 20 heavy (non-hydrogen) atoms. The van der Waals surface area contributed by atoms with Gasteiger partial charge in [-0.1, -0.05) is 0 Å². The molecule has 1 rings (SSSR count). The number of esters is 1. The first kappa shape index (κ1) is 16.4. The number of hydrogen-bond acceptors (Lipinski definition) is 4. The van der Waals surface area contributed by atoms with Crippen molar-refractivity contribution in [1.29, 1.82) is 0 Å². The van der Waals surface area contributed by atoms with Crippen LogP contribution in [0.4, 0.5) is 8.78 Å². The SMILES string of the molecule is CCOC(=O)CCCC(N)c1c(F)cc(OC)cc1F. The molecule has 4 nitrogen and oxygen atoms in total. The minimum Gasteiger partial charge on any atom is -0.497 e. The molecule has 0 heterocycles. The molecule has 1 aromatic carbocycles. The van der Waals surface area contributed by atoms with Crippen molar-refractivity contribution in [3.8, 4) is 5.75 Å². The first-order valence-electron chi connectivity index (χ1n) is 6.43. The molecule has 0 saturated heterocycles. The van der Waals surface area contributed by atoms with Gasteiger partial charge in [0, 0.05) is 30.2 Å². The second-order valence-electron chi connectivity index (χ2n) is 4.31. The second kappa shape index (κ2) is 7.79. The summed E-state index contributed by atoms with van der Waals surface area (Å²) in [5, 5.41) is 0. The van der Waals surface area contributed by atoms with Crippen LogP contribution in [-0.4, -0.2) is 19.7 Å². The van der Waals surface area contributed by atoms with Crippen LogP contribution >= 0.6 is 0 Å². The number of benzene rings is 1. The molecule has 0 fully saturated rings. The van der Waals surface area contributed by atoms with Crippen LogP contribution in [0.5, 0.6) is 5.75 Å². The van der Waals surface area contributed by atoms with Crippen LogP contribution in [0.3, 0.4) is 0 Å². The van der Waals surface area contributed by atoms with Gasteiger partial charge in [0.1, 0.15) is 17.4 Å². The molecule has 2 N–H and O–H groups in total. The van der Waals surface area contributed by atoms with E-state index in [0.29, 0.717) is 19.4 Å². The summed E-state index contributed by atoms with van der Waals surface area (Å²) in [5.41, 5.74) is 5.59. The molecule has 0 aromatic heterocycles. The minimum atomic E-state index is -0.810. The lowest BCUT2D eigenvalue weighted by molar-refractivity contribution is -0.143. The summed E-state index contributed by atoms with van der Waals surface area (Å²) >= 11 is 0. The molecule has 0 aliphatic carbocycles. The van der Waals surface area contributed by atoms with Gasteiger partial charge >= 0.3 is 5.97 Å². The van der Waals surface area contributed by atoms with Crippen LogP contribution in [-0.2, 0) is 9.53 Å². The number of rotatable bonds is 7. The zero-order valence-electron chi connectivity index (χ0n) is 11.6. The van der Waals surface area contributed by atoms with Gasteiger partial charge in [0.05, 0.1) is 13.7 Å². The highest BCUT2D eigenvalue weighted by atomic mass is 19.1. The lowest BCUT2D eigenvalue weighted by Crippen LogP contribution is -2.15. The molecular weight excluding hydrogens is 268 g/mol. The van der Waals surface area contributed by atoms with E-state index < -0.39 is 17.7 Å².